The fourth-order valence-corrected chi connectivity index (χ4v) is 1.59. The molecule has 0 radical (unpaired) electrons. The molecule has 90 valence electrons. The van der Waals surface area contributed by atoms with E-state index < -0.39 is 0 Å². The third-order valence-electron chi connectivity index (χ3n) is 2.29. The molecule has 0 bridgehead atoms. The Labute approximate surface area is 101 Å². The molecule has 0 saturated carbocycles. The summed E-state index contributed by atoms with van der Waals surface area (Å²) < 4.78 is 1.96. The summed E-state index contributed by atoms with van der Waals surface area (Å²) in [5.74, 6) is 1.65. The molecule has 0 aliphatic carbocycles. The van der Waals surface area contributed by atoms with Gasteiger partial charge in [-0.25, -0.2) is 9.67 Å². The molecule has 0 saturated heterocycles. The fourth-order valence-electron chi connectivity index (χ4n) is 1.59. The molecule has 2 aromatic heterocycles. The van der Waals surface area contributed by atoms with Gasteiger partial charge in [-0.15, -0.1) is 0 Å². The zero-order valence-electron chi connectivity index (χ0n) is 10.6. The predicted octanol–water partition coefficient (Wildman–Crippen LogP) is 2.48. The topological polar surface area (TPSA) is 55.6 Å². The third kappa shape index (κ3) is 2.61. The van der Waals surface area contributed by atoms with E-state index in [-0.39, 0.29) is 5.54 Å². The summed E-state index contributed by atoms with van der Waals surface area (Å²) in [6, 6.07) is 2.00. The Morgan fingerprint density at radius 1 is 1.24 bits per heavy atom. The molecule has 0 fully saturated rings. The summed E-state index contributed by atoms with van der Waals surface area (Å²) in [5, 5.41) is 7.71. The van der Waals surface area contributed by atoms with Crippen molar-refractivity contribution in [2.24, 2.45) is 0 Å². The molecule has 0 spiro atoms. The maximum atomic E-state index is 4.48. The van der Waals surface area contributed by atoms with Crippen LogP contribution in [0.1, 0.15) is 26.5 Å². The number of anilines is 2. The molecular formula is C12H17N5. The predicted molar refractivity (Wildman–Crippen MR) is 67.3 cm³/mol. The lowest BCUT2D eigenvalue weighted by atomic mass is 10.1. The molecule has 0 aliphatic heterocycles. The largest absolute Gasteiger partial charge is 0.324 e. The van der Waals surface area contributed by atoms with Crippen molar-refractivity contribution in [2.75, 3.05) is 5.32 Å². The molecule has 0 aromatic carbocycles. The van der Waals surface area contributed by atoms with Crippen LogP contribution in [0.5, 0.6) is 0 Å². The SMILES string of the molecule is Cc1cc(Nc2cnccn2)n(C(C)(C)C)n1. The second-order valence-electron chi connectivity index (χ2n) is 4.97. The number of rotatable bonds is 2. The minimum Gasteiger partial charge on any atom is -0.324 e. The van der Waals surface area contributed by atoms with Crippen LogP contribution in [-0.2, 0) is 5.54 Å². The molecule has 0 aliphatic rings. The zero-order chi connectivity index (χ0) is 12.5. The Balaban J connectivity index is 2.33. The highest BCUT2D eigenvalue weighted by molar-refractivity contribution is 5.51. The Morgan fingerprint density at radius 2 is 2.00 bits per heavy atom. The number of nitrogens with zero attached hydrogens (tertiary/aromatic N) is 4. The van der Waals surface area contributed by atoms with Crippen LogP contribution in [-0.4, -0.2) is 19.7 Å². The summed E-state index contributed by atoms with van der Waals surface area (Å²) in [7, 11) is 0. The minimum atomic E-state index is -0.0706. The average molecular weight is 231 g/mol. The summed E-state index contributed by atoms with van der Waals surface area (Å²) in [6.45, 7) is 8.31. The summed E-state index contributed by atoms with van der Waals surface area (Å²) in [6.07, 6.45) is 5.00. The van der Waals surface area contributed by atoms with Gasteiger partial charge in [0.1, 0.15) is 11.6 Å². The zero-order valence-corrected chi connectivity index (χ0v) is 10.6. The van der Waals surface area contributed by atoms with Gasteiger partial charge in [-0.05, 0) is 27.7 Å². The number of hydrogen-bond acceptors (Lipinski definition) is 4. The molecule has 0 atom stereocenters. The van der Waals surface area contributed by atoms with E-state index in [9.17, 15) is 0 Å². The lowest BCUT2D eigenvalue weighted by Crippen LogP contribution is -2.24. The molecule has 5 nitrogen and oxygen atoms in total. The molecular weight excluding hydrogens is 214 g/mol. The molecule has 2 aromatic rings. The monoisotopic (exact) mass is 231 g/mol. The van der Waals surface area contributed by atoms with Crippen LogP contribution in [0.25, 0.3) is 0 Å². The van der Waals surface area contributed by atoms with Crippen molar-refractivity contribution >= 4 is 11.6 Å². The molecule has 1 N–H and O–H groups in total. The van der Waals surface area contributed by atoms with E-state index in [0.29, 0.717) is 0 Å². The molecule has 0 unspecified atom stereocenters. The minimum absolute atomic E-state index is 0.0706. The van der Waals surface area contributed by atoms with Gasteiger partial charge in [0.2, 0.25) is 0 Å². The molecule has 2 heterocycles. The van der Waals surface area contributed by atoms with Crippen molar-refractivity contribution in [3.8, 4) is 0 Å². The van der Waals surface area contributed by atoms with E-state index in [4.69, 9.17) is 0 Å². The first-order chi connectivity index (χ1) is 7.97. The summed E-state index contributed by atoms with van der Waals surface area (Å²) in [5.41, 5.74) is 0.907. The van der Waals surface area contributed by atoms with E-state index in [1.807, 2.05) is 17.7 Å². The standard InChI is InChI=1S/C12H17N5/c1-9-7-11(17(16-9)12(2,3)4)15-10-8-13-5-6-14-10/h5-8H,1-4H3,(H,14,15). The Hall–Kier alpha value is -1.91. The Bertz CT molecular complexity index is 495. The third-order valence-corrected chi connectivity index (χ3v) is 2.29. The highest BCUT2D eigenvalue weighted by Gasteiger charge is 2.18. The first-order valence-corrected chi connectivity index (χ1v) is 5.57. The molecule has 0 amide bonds. The van der Waals surface area contributed by atoms with E-state index in [1.54, 1.807) is 18.6 Å². The van der Waals surface area contributed by atoms with E-state index >= 15 is 0 Å². The number of aryl methyl sites for hydroxylation is 1. The van der Waals surface area contributed by atoms with Crippen LogP contribution >= 0.6 is 0 Å². The number of nitrogens with one attached hydrogen (secondary N) is 1. The quantitative estimate of drug-likeness (QED) is 0.862. The second-order valence-corrected chi connectivity index (χ2v) is 4.97. The van der Waals surface area contributed by atoms with Gasteiger partial charge in [-0.3, -0.25) is 4.98 Å². The highest BCUT2D eigenvalue weighted by atomic mass is 15.4. The molecule has 17 heavy (non-hydrogen) atoms. The Morgan fingerprint density at radius 3 is 2.59 bits per heavy atom. The van der Waals surface area contributed by atoms with E-state index in [2.05, 4.69) is 41.2 Å². The maximum absolute atomic E-state index is 4.48. The van der Waals surface area contributed by atoms with Gasteiger partial charge >= 0.3 is 0 Å². The first kappa shape index (κ1) is 11.6. The molecule has 2 rings (SSSR count). The fraction of sp³-hybridized carbons (Fsp3) is 0.417. The van der Waals surface area contributed by atoms with Crippen LogP contribution in [0.3, 0.4) is 0 Å². The van der Waals surface area contributed by atoms with E-state index in [0.717, 1.165) is 17.3 Å². The lowest BCUT2D eigenvalue weighted by molar-refractivity contribution is 0.359. The van der Waals surface area contributed by atoms with Crippen LogP contribution in [0.15, 0.2) is 24.7 Å². The van der Waals surface area contributed by atoms with Gasteiger partial charge in [0.05, 0.1) is 17.4 Å². The van der Waals surface area contributed by atoms with Gasteiger partial charge in [0, 0.05) is 18.5 Å². The normalized spacial score (nSPS) is 11.5. The first-order valence-electron chi connectivity index (χ1n) is 5.57. The number of hydrogen-bond donors (Lipinski definition) is 1. The van der Waals surface area contributed by atoms with Gasteiger partial charge in [-0.2, -0.15) is 5.10 Å². The van der Waals surface area contributed by atoms with Crippen molar-refractivity contribution in [2.45, 2.75) is 33.2 Å². The van der Waals surface area contributed by atoms with Gasteiger partial charge in [0.15, 0.2) is 0 Å². The van der Waals surface area contributed by atoms with Crippen LogP contribution in [0, 0.1) is 6.92 Å². The van der Waals surface area contributed by atoms with E-state index in [1.165, 1.54) is 0 Å². The van der Waals surface area contributed by atoms with Gasteiger partial charge < -0.3 is 5.32 Å². The maximum Gasteiger partial charge on any atom is 0.150 e. The lowest BCUT2D eigenvalue weighted by Gasteiger charge is -2.22. The van der Waals surface area contributed by atoms with Crippen molar-refractivity contribution in [1.29, 1.82) is 0 Å². The van der Waals surface area contributed by atoms with Gasteiger partial charge in [-0.1, -0.05) is 0 Å². The van der Waals surface area contributed by atoms with Crippen LogP contribution < -0.4 is 5.32 Å². The van der Waals surface area contributed by atoms with Crippen molar-refractivity contribution in [3.63, 3.8) is 0 Å². The highest BCUT2D eigenvalue weighted by Crippen LogP contribution is 2.23. The van der Waals surface area contributed by atoms with Crippen molar-refractivity contribution in [3.05, 3.63) is 30.4 Å². The summed E-state index contributed by atoms with van der Waals surface area (Å²) in [4.78, 5) is 8.22. The summed E-state index contributed by atoms with van der Waals surface area (Å²) >= 11 is 0. The smallest absolute Gasteiger partial charge is 0.150 e. The Kier molecular flexibility index (Phi) is 2.83. The van der Waals surface area contributed by atoms with Crippen LogP contribution in [0.2, 0.25) is 0 Å². The average Bonchev–Trinajstić information content (AvgIpc) is 2.60. The van der Waals surface area contributed by atoms with Crippen molar-refractivity contribution in [1.82, 2.24) is 19.7 Å². The second kappa shape index (κ2) is 4.16. The molecule has 5 heteroatoms. The van der Waals surface area contributed by atoms with Gasteiger partial charge in [0.25, 0.3) is 0 Å². The number of aromatic nitrogens is 4. The van der Waals surface area contributed by atoms with Crippen LogP contribution in [0.4, 0.5) is 11.6 Å². The van der Waals surface area contributed by atoms with Crippen molar-refractivity contribution < 1.29 is 0 Å².